The second-order valence-corrected chi connectivity index (χ2v) is 5.54. The van der Waals surface area contributed by atoms with Crippen LogP contribution in [0.4, 0.5) is 13.2 Å². The topological polar surface area (TPSA) is 68.0 Å². The maximum absolute atomic E-state index is 12.5. The van der Waals surface area contributed by atoms with E-state index >= 15 is 0 Å². The highest BCUT2D eigenvalue weighted by atomic mass is 19.4. The van der Waals surface area contributed by atoms with Crippen LogP contribution in [0.15, 0.2) is 28.8 Å². The van der Waals surface area contributed by atoms with Gasteiger partial charge >= 0.3 is 12.1 Å². The van der Waals surface area contributed by atoms with Crippen LogP contribution in [0.1, 0.15) is 37.1 Å². The second kappa shape index (κ2) is 5.68. The summed E-state index contributed by atoms with van der Waals surface area (Å²) in [4.78, 5) is 14.6. The first-order valence-electron chi connectivity index (χ1n) is 7.15. The van der Waals surface area contributed by atoms with Crippen molar-refractivity contribution in [2.75, 3.05) is 0 Å². The molecule has 0 radical (unpaired) electrons. The number of rotatable bonds is 3. The number of alkyl halides is 3. The summed E-state index contributed by atoms with van der Waals surface area (Å²) in [6, 6.07) is 6.97. The summed E-state index contributed by atoms with van der Waals surface area (Å²) in [5, 5.41) is 6.27. The summed E-state index contributed by atoms with van der Waals surface area (Å²) in [5.41, 5.74) is 1.43. The first-order chi connectivity index (χ1) is 10.8. The van der Waals surface area contributed by atoms with Crippen LogP contribution in [-0.4, -0.2) is 22.1 Å². The van der Waals surface area contributed by atoms with Gasteiger partial charge < -0.3 is 9.84 Å². The Morgan fingerprint density at radius 2 is 2.00 bits per heavy atom. The number of halogens is 3. The van der Waals surface area contributed by atoms with Crippen LogP contribution in [0.5, 0.6) is 0 Å². The highest BCUT2D eigenvalue weighted by molar-refractivity contribution is 5.78. The van der Waals surface area contributed by atoms with Crippen LogP contribution >= 0.6 is 0 Å². The first kappa shape index (κ1) is 15.5. The molecule has 122 valence electrons. The van der Waals surface area contributed by atoms with Gasteiger partial charge in [0.15, 0.2) is 0 Å². The third kappa shape index (κ3) is 3.20. The van der Waals surface area contributed by atoms with Crippen molar-refractivity contribution in [1.29, 1.82) is 0 Å². The largest absolute Gasteiger partial charge is 0.471 e. The number of nitrogens with zero attached hydrogens (tertiary/aromatic N) is 2. The van der Waals surface area contributed by atoms with Gasteiger partial charge in [0.2, 0.25) is 11.7 Å². The standard InChI is InChI=1S/C15H14F3N3O2/c1-8(11-6-7-12(22)19-11)9-2-4-10(5-3-9)13-20-14(23-21-13)15(16,17)18/h2-5,8,11H,6-7H2,1H3,(H,19,22). The molecular weight excluding hydrogens is 311 g/mol. The summed E-state index contributed by atoms with van der Waals surface area (Å²) in [6.45, 7) is 2.00. The maximum Gasteiger partial charge on any atom is 0.471 e. The van der Waals surface area contributed by atoms with Crippen molar-refractivity contribution in [3.63, 3.8) is 0 Å². The van der Waals surface area contributed by atoms with Gasteiger partial charge in [0.1, 0.15) is 0 Å². The van der Waals surface area contributed by atoms with E-state index in [1.165, 1.54) is 0 Å². The fourth-order valence-corrected chi connectivity index (χ4v) is 2.64. The van der Waals surface area contributed by atoms with Gasteiger partial charge in [-0.3, -0.25) is 4.79 Å². The van der Waals surface area contributed by atoms with Crippen molar-refractivity contribution in [3.8, 4) is 11.4 Å². The Bertz CT molecular complexity index is 710. The molecule has 1 amide bonds. The Labute approximate surface area is 129 Å². The molecule has 1 aromatic carbocycles. The molecule has 23 heavy (non-hydrogen) atoms. The fourth-order valence-electron chi connectivity index (χ4n) is 2.64. The molecule has 5 nitrogen and oxygen atoms in total. The molecule has 1 fully saturated rings. The molecule has 0 spiro atoms. The van der Waals surface area contributed by atoms with Gasteiger partial charge in [-0.25, -0.2) is 0 Å². The number of hydrogen-bond donors (Lipinski definition) is 1. The summed E-state index contributed by atoms with van der Waals surface area (Å²) >= 11 is 0. The lowest BCUT2D eigenvalue weighted by molar-refractivity contribution is -0.159. The van der Waals surface area contributed by atoms with E-state index in [4.69, 9.17) is 0 Å². The fraction of sp³-hybridized carbons (Fsp3) is 0.400. The summed E-state index contributed by atoms with van der Waals surface area (Å²) in [6.07, 6.45) is -3.35. The van der Waals surface area contributed by atoms with E-state index in [2.05, 4.69) is 20.0 Å². The lowest BCUT2D eigenvalue weighted by Gasteiger charge is -2.19. The zero-order valence-corrected chi connectivity index (χ0v) is 12.2. The third-order valence-corrected chi connectivity index (χ3v) is 4.00. The van der Waals surface area contributed by atoms with E-state index in [9.17, 15) is 18.0 Å². The quantitative estimate of drug-likeness (QED) is 0.941. The van der Waals surface area contributed by atoms with E-state index in [1.807, 2.05) is 6.92 Å². The van der Waals surface area contributed by atoms with E-state index in [1.54, 1.807) is 24.3 Å². The summed E-state index contributed by atoms with van der Waals surface area (Å²) < 4.78 is 41.6. The number of benzene rings is 1. The molecule has 8 heteroatoms. The SMILES string of the molecule is CC(c1ccc(-c2noc(C(F)(F)F)n2)cc1)C1CCC(=O)N1. The Kier molecular flexibility index (Phi) is 3.83. The Morgan fingerprint density at radius 1 is 1.30 bits per heavy atom. The van der Waals surface area contributed by atoms with Gasteiger partial charge in [-0.1, -0.05) is 36.3 Å². The van der Waals surface area contributed by atoms with Gasteiger partial charge in [-0.15, -0.1) is 0 Å². The predicted molar refractivity (Wildman–Crippen MR) is 74.3 cm³/mol. The molecule has 1 N–H and O–H groups in total. The number of nitrogens with one attached hydrogen (secondary N) is 1. The van der Waals surface area contributed by atoms with Crippen LogP contribution in [0.25, 0.3) is 11.4 Å². The summed E-state index contributed by atoms with van der Waals surface area (Å²) in [5.74, 6) is -1.30. The molecule has 1 aromatic heterocycles. The molecule has 1 aliphatic heterocycles. The number of hydrogen-bond acceptors (Lipinski definition) is 4. The Hall–Kier alpha value is -2.38. The van der Waals surface area contributed by atoms with E-state index in [0.717, 1.165) is 12.0 Å². The van der Waals surface area contributed by atoms with Crippen molar-refractivity contribution in [2.45, 2.75) is 37.9 Å². The lowest BCUT2D eigenvalue weighted by Crippen LogP contribution is -2.30. The molecule has 2 unspecified atom stereocenters. The Morgan fingerprint density at radius 3 is 2.52 bits per heavy atom. The molecule has 1 saturated heterocycles. The lowest BCUT2D eigenvalue weighted by atomic mass is 9.92. The smallest absolute Gasteiger partial charge is 0.353 e. The van der Waals surface area contributed by atoms with Crippen LogP contribution in [0, 0.1) is 0 Å². The summed E-state index contributed by atoms with van der Waals surface area (Å²) in [7, 11) is 0. The van der Waals surface area contributed by atoms with Crippen LogP contribution in [-0.2, 0) is 11.0 Å². The Balaban J connectivity index is 1.77. The number of aromatic nitrogens is 2. The molecule has 2 atom stereocenters. The van der Waals surface area contributed by atoms with Crippen molar-refractivity contribution in [2.24, 2.45) is 0 Å². The minimum atomic E-state index is -4.65. The maximum atomic E-state index is 12.5. The number of carbonyl (C=O) groups is 1. The molecule has 0 aliphatic carbocycles. The van der Waals surface area contributed by atoms with Crippen molar-refractivity contribution in [3.05, 3.63) is 35.7 Å². The van der Waals surface area contributed by atoms with Gasteiger partial charge in [0, 0.05) is 23.9 Å². The number of amides is 1. The first-order valence-corrected chi connectivity index (χ1v) is 7.15. The molecule has 0 bridgehead atoms. The normalized spacial score (nSPS) is 19.7. The monoisotopic (exact) mass is 325 g/mol. The zero-order chi connectivity index (χ0) is 16.6. The minimum Gasteiger partial charge on any atom is -0.353 e. The third-order valence-electron chi connectivity index (χ3n) is 4.00. The number of carbonyl (C=O) groups excluding carboxylic acids is 1. The van der Waals surface area contributed by atoms with Gasteiger partial charge in [0.25, 0.3) is 0 Å². The van der Waals surface area contributed by atoms with E-state index < -0.39 is 12.1 Å². The van der Waals surface area contributed by atoms with Crippen molar-refractivity contribution in [1.82, 2.24) is 15.5 Å². The average molecular weight is 325 g/mol. The van der Waals surface area contributed by atoms with Crippen molar-refractivity contribution >= 4 is 5.91 Å². The highest BCUT2D eigenvalue weighted by Gasteiger charge is 2.38. The molecule has 3 rings (SSSR count). The molecule has 2 aromatic rings. The van der Waals surface area contributed by atoms with Crippen LogP contribution in [0.2, 0.25) is 0 Å². The van der Waals surface area contributed by atoms with Gasteiger partial charge in [0.05, 0.1) is 0 Å². The predicted octanol–water partition coefficient (Wildman–Crippen LogP) is 3.14. The van der Waals surface area contributed by atoms with Gasteiger partial charge in [-0.05, 0) is 12.0 Å². The van der Waals surface area contributed by atoms with Gasteiger partial charge in [-0.2, -0.15) is 18.2 Å². The molecular formula is C15H14F3N3O2. The van der Waals surface area contributed by atoms with E-state index in [-0.39, 0.29) is 23.7 Å². The molecule has 0 saturated carbocycles. The van der Waals surface area contributed by atoms with Crippen molar-refractivity contribution < 1.29 is 22.5 Å². The highest BCUT2D eigenvalue weighted by Crippen LogP contribution is 2.30. The minimum absolute atomic E-state index is 0.0462. The second-order valence-electron chi connectivity index (χ2n) is 5.54. The molecule has 1 aliphatic rings. The van der Waals surface area contributed by atoms with Crippen LogP contribution in [0.3, 0.4) is 0 Å². The van der Waals surface area contributed by atoms with Crippen LogP contribution < -0.4 is 5.32 Å². The average Bonchev–Trinajstić information content (AvgIpc) is 3.15. The zero-order valence-electron chi connectivity index (χ0n) is 12.2. The van der Waals surface area contributed by atoms with E-state index in [0.29, 0.717) is 12.0 Å². The molecule has 2 heterocycles.